The van der Waals surface area contributed by atoms with Crippen molar-refractivity contribution in [1.29, 1.82) is 0 Å². The number of hydrogen-bond acceptors (Lipinski definition) is 4. The molecule has 0 bridgehead atoms. The fraction of sp³-hybridized carbons (Fsp3) is 0.846. The molecule has 1 aliphatic rings. The van der Waals surface area contributed by atoms with Gasteiger partial charge >= 0.3 is 12.0 Å². The molecule has 0 saturated carbocycles. The van der Waals surface area contributed by atoms with Crippen LogP contribution in [0.25, 0.3) is 0 Å². The lowest BCUT2D eigenvalue weighted by Crippen LogP contribution is -2.44. The lowest BCUT2D eigenvalue weighted by atomic mass is 10.3. The molecule has 0 unspecified atom stereocenters. The highest BCUT2D eigenvalue weighted by molar-refractivity contribution is 5.73. The number of nitrogens with zero attached hydrogens (tertiary/aromatic N) is 2. The normalized spacial score (nSPS) is 15.8. The van der Waals surface area contributed by atoms with Crippen LogP contribution >= 0.6 is 0 Å². The third kappa shape index (κ3) is 7.30. The fourth-order valence-electron chi connectivity index (χ4n) is 2.14. The number of urea groups is 1. The summed E-state index contributed by atoms with van der Waals surface area (Å²) in [6, 6.07) is -0.129. The van der Waals surface area contributed by atoms with Crippen LogP contribution in [0, 0.1) is 0 Å². The first-order chi connectivity index (χ1) is 9.59. The van der Waals surface area contributed by atoms with E-state index in [-0.39, 0.29) is 12.5 Å². The van der Waals surface area contributed by atoms with Crippen LogP contribution < -0.4 is 10.6 Å². The Labute approximate surface area is 120 Å². The maximum Gasteiger partial charge on any atom is 0.317 e. The van der Waals surface area contributed by atoms with Crippen molar-refractivity contribution < 1.29 is 14.7 Å². The largest absolute Gasteiger partial charge is 0.481 e. The van der Waals surface area contributed by atoms with Crippen molar-refractivity contribution in [1.82, 2.24) is 20.4 Å². The van der Waals surface area contributed by atoms with Crippen molar-refractivity contribution in [3.63, 3.8) is 0 Å². The van der Waals surface area contributed by atoms with Crippen LogP contribution in [0.2, 0.25) is 0 Å². The molecule has 0 aliphatic carbocycles. The van der Waals surface area contributed by atoms with Gasteiger partial charge in [-0.3, -0.25) is 4.79 Å². The van der Waals surface area contributed by atoms with Crippen molar-refractivity contribution in [2.75, 3.05) is 52.9 Å². The quantitative estimate of drug-likeness (QED) is 0.538. The molecule has 0 aromatic heterocycles. The van der Waals surface area contributed by atoms with Gasteiger partial charge in [-0.2, -0.15) is 0 Å². The van der Waals surface area contributed by atoms with E-state index in [4.69, 9.17) is 5.11 Å². The van der Waals surface area contributed by atoms with Gasteiger partial charge in [0.25, 0.3) is 0 Å². The Hall–Kier alpha value is -1.34. The molecule has 1 rings (SSSR count). The molecule has 2 amide bonds. The molecule has 7 heteroatoms. The van der Waals surface area contributed by atoms with E-state index in [9.17, 15) is 9.59 Å². The van der Waals surface area contributed by atoms with Crippen LogP contribution in [0.15, 0.2) is 0 Å². The Balaban J connectivity index is 2.02. The van der Waals surface area contributed by atoms with E-state index < -0.39 is 5.97 Å². The van der Waals surface area contributed by atoms with Gasteiger partial charge < -0.3 is 25.5 Å². The van der Waals surface area contributed by atoms with Crippen LogP contribution in [0.1, 0.15) is 19.3 Å². The number of amides is 2. The zero-order valence-electron chi connectivity index (χ0n) is 12.2. The smallest absolute Gasteiger partial charge is 0.317 e. The van der Waals surface area contributed by atoms with E-state index in [1.165, 1.54) is 4.90 Å². The summed E-state index contributed by atoms with van der Waals surface area (Å²) in [6.07, 6.45) is 1.52. The molecule has 0 aromatic rings. The first-order valence-electron chi connectivity index (χ1n) is 7.23. The second kappa shape index (κ2) is 9.55. The molecule has 7 nitrogen and oxygen atoms in total. The van der Waals surface area contributed by atoms with E-state index in [1.807, 2.05) is 0 Å². The van der Waals surface area contributed by atoms with Crippen LogP contribution in [0.4, 0.5) is 4.79 Å². The van der Waals surface area contributed by atoms with Crippen molar-refractivity contribution >= 4 is 12.0 Å². The summed E-state index contributed by atoms with van der Waals surface area (Å²) in [4.78, 5) is 26.0. The molecule has 1 fully saturated rings. The summed E-state index contributed by atoms with van der Waals surface area (Å²) >= 11 is 0. The second-order valence-corrected chi connectivity index (χ2v) is 5.10. The van der Waals surface area contributed by atoms with Crippen molar-refractivity contribution in [2.24, 2.45) is 0 Å². The van der Waals surface area contributed by atoms with Gasteiger partial charge in [0.2, 0.25) is 0 Å². The Morgan fingerprint density at radius 3 is 2.65 bits per heavy atom. The molecule has 0 spiro atoms. The molecular weight excluding hydrogens is 260 g/mol. The van der Waals surface area contributed by atoms with Crippen LogP contribution in [-0.2, 0) is 4.79 Å². The second-order valence-electron chi connectivity index (χ2n) is 5.10. The molecule has 0 radical (unpaired) electrons. The summed E-state index contributed by atoms with van der Waals surface area (Å²) in [6.45, 7) is 6.36. The number of nitrogens with one attached hydrogen (secondary N) is 2. The first kappa shape index (κ1) is 16.7. The van der Waals surface area contributed by atoms with Crippen molar-refractivity contribution in [3.05, 3.63) is 0 Å². The van der Waals surface area contributed by atoms with Gasteiger partial charge in [0.15, 0.2) is 0 Å². The Bertz CT molecular complexity index is 306. The van der Waals surface area contributed by atoms with Gasteiger partial charge in [-0.15, -0.1) is 0 Å². The number of carboxylic acids is 1. The predicted octanol–water partition coefficient (Wildman–Crippen LogP) is -0.212. The highest BCUT2D eigenvalue weighted by Gasteiger charge is 2.10. The number of piperazine rings is 1. The predicted molar refractivity (Wildman–Crippen MR) is 76.8 cm³/mol. The molecule has 0 atom stereocenters. The van der Waals surface area contributed by atoms with Crippen LogP contribution in [-0.4, -0.2) is 79.8 Å². The number of carboxylic acid groups (broad SMARTS) is 1. The highest BCUT2D eigenvalue weighted by atomic mass is 16.4. The minimum absolute atomic E-state index is 0.0978. The number of aliphatic carboxylic acids is 1. The van der Waals surface area contributed by atoms with Gasteiger partial charge in [0.05, 0.1) is 0 Å². The van der Waals surface area contributed by atoms with Gasteiger partial charge in [-0.25, -0.2) is 4.79 Å². The van der Waals surface area contributed by atoms with E-state index in [2.05, 4.69) is 15.5 Å². The summed E-state index contributed by atoms with van der Waals surface area (Å²) in [5, 5.41) is 14.7. The number of rotatable bonds is 8. The van der Waals surface area contributed by atoms with E-state index in [0.717, 1.165) is 39.1 Å². The van der Waals surface area contributed by atoms with Gasteiger partial charge in [0, 0.05) is 52.7 Å². The Kier molecular flexibility index (Phi) is 7.98. The van der Waals surface area contributed by atoms with Crippen molar-refractivity contribution in [3.8, 4) is 0 Å². The third-order valence-electron chi connectivity index (χ3n) is 3.37. The number of carbonyl (C=O) groups is 2. The van der Waals surface area contributed by atoms with Crippen LogP contribution in [0.3, 0.4) is 0 Å². The lowest BCUT2D eigenvalue weighted by molar-refractivity contribution is -0.137. The number of carbonyl (C=O) groups excluding carboxylic acids is 1. The first-order valence-corrected chi connectivity index (χ1v) is 7.23. The molecular formula is C13H26N4O3. The minimum atomic E-state index is -0.824. The third-order valence-corrected chi connectivity index (χ3v) is 3.37. The summed E-state index contributed by atoms with van der Waals surface area (Å²) in [7, 11) is 1.69. The minimum Gasteiger partial charge on any atom is -0.481 e. The van der Waals surface area contributed by atoms with Crippen LogP contribution in [0.5, 0.6) is 0 Å². The maximum atomic E-state index is 11.7. The average Bonchev–Trinajstić information content (AvgIpc) is 2.44. The topological polar surface area (TPSA) is 84.9 Å². The molecule has 20 heavy (non-hydrogen) atoms. The molecule has 1 saturated heterocycles. The zero-order chi connectivity index (χ0) is 14.8. The molecule has 0 aromatic carbocycles. The number of hydrogen-bond donors (Lipinski definition) is 3. The van der Waals surface area contributed by atoms with Gasteiger partial charge in [-0.05, 0) is 19.4 Å². The lowest BCUT2D eigenvalue weighted by Gasteiger charge is -2.27. The summed E-state index contributed by atoms with van der Waals surface area (Å²) in [5.74, 6) is -0.824. The summed E-state index contributed by atoms with van der Waals surface area (Å²) in [5.41, 5.74) is 0. The SMILES string of the molecule is CN(CCCC(=O)O)C(=O)NCCCN1CCNCC1. The van der Waals surface area contributed by atoms with E-state index in [0.29, 0.717) is 19.5 Å². The summed E-state index contributed by atoms with van der Waals surface area (Å²) < 4.78 is 0. The maximum absolute atomic E-state index is 11.7. The molecule has 1 heterocycles. The molecule has 116 valence electrons. The van der Waals surface area contributed by atoms with Gasteiger partial charge in [-0.1, -0.05) is 0 Å². The molecule has 3 N–H and O–H groups in total. The molecule has 1 aliphatic heterocycles. The highest BCUT2D eigenvalue weighted by Crippen LogP contribution is 1.95. The Morgan fingerprint density at radius 2 is 2.00 bits per heavy atom. The zero-order valence-corrected chi connectivity index (χ0v) is 12.2. The van der Waals surface area contributed by atoms with E-state index >= 15 is 0 Å². The fourth-order valence-corrected chi connectivity index (χ4v) is 2.14. The van der Waals surface area contributed by atoms with Crippen molar-refractivity contribution in [2.45, 2.75) is 19.3 Å². The standard InChI is InChI=1S/C13H26N4O3/c1-16(8-2-4-12(18)19)13(20)15-5-3-9-17-10-6-14-7-11-17/h14H,2-11H2,1H3,(H,15,20)(H,18,19). The van der Waals surface area contributed by atoms with Gasteiger partial charge in [0.1, 0.15) is 0 Å². The average molecular weight is 286 g/mol. The monoisotopic (exact) mass is 286 g/mol. The van der Waals surface area contributed by atoms with E-state index in [1.54, 1.807) is 7.05 Å². The Morgan fingerprint density at radius 1 is 1.30 bits per heavy atom.